The zero-order valence-corrected chi connectivity index (χ0v) is 12.5. The summed E-state index contributed by atoms with van der Waals surface area (Å²) in [5, 5.41) is 3.06. The highest BCUT2D eigenvalue weighted by atomic mass is 19.3. The van der Waals surface area contributed by atoms with E-state index in [0.29, 0.717) is 12.1 Å². The molecule has 1 atom stereocenters. The minimum Gasteiger partial charge on any atom is -0.464 e. The first-order valence-electron chi connectivity index (χ1n) is 6.92. The van der Waals surface area contributed by atoms with Gasteiger partial charge in [0, 0.05) is 5.56 Å². The molecule has 0 aliphatic carbocycles. The number of rotatable bonds is 8. The molecule has 0 saturated heterocycles. The first-order chi connectivity index (χ1) is 9.95. The summed E-state index contributed by atoms with van der Waals surface area (Å²) in [6.07, 6.45) is 0.785. The van der Waals surface area contributed by atoms with Gasteiger partial charge < -0.3 is 9.47 Å². The van der Waals surface area contributed by atoms with E-state index in [4.69, 9.17) is 4.74 Å². The number of carbonyl (C=O) groups is 1. The van der Waals surface area contributed by atoms with Crippen LogP contribution in [-0.4, -0.2) is 25.7 Å². The highest BCUT2D eigenvalue weighted by Gasteiger charge is 2.38. The second-order valence-electron chi connectivity index (χ2n) is 4.65. The van der Waals surface area contributed by atoms with Crippen LogP contribution in [0.25, 0.3) is 0 Å². The Kier molecular flexibility index (Phi) is 6.55. The van der Waals surface area contributed by atoms with Gasteiger partial charge in [0.05, 0.1) is 6.61 Å². The smallest absolute Gasteiger partial charge is 0.387 e. The van der Waals surface area contributed by atoms with E-state index in [2.05, 4.69) is 10.1 Å². The molecule has 0 saturated carbocycles. The number of benzene rings is 1. The van der Waals surface area contributed by atoms with Gasteiger partial charge in [-0.2, -0.15) is 8.78 Å². The predicted octanol–water partition coefficient (Wildman–Crippen LogP) is 3.07. The zero-order chi connectivity index (χ0) is 15.9. The van der Waals surface area contributed by atoms with Gasteiger partial charge in [-0.15, -0.1) is 0 Å². The van der Waals surface area contributed by atoms with Gasteiger partial charge in [0.15, 0.2) is 0 Å². The number of esters is 1. The maximum Gasteiger partial charge on any atom is 0.387 e. The number of hydrogen-bond donors (Lipinski definition) is 1. The largest absolute Gasteiger partial charge is 0.464 e. The van der Waals surface area contributed by atoms with Gasteiger partial charge in [-0.3, -0.25) is 5.32 Å². The van der Waals surface area contributed by atoms with E-state index in [0.717, 1.165) is 6.42 Å². The zero-order valence-electron chi connectivity index (χ0n) is 12.5. The predicted molar refractivity (Wildman–Crippen MR) is 75.4 cm³/mol. The van der Waals surface area contributed by atoms with Crippen molar-refractivity contribution in [3.8, 4) is 5.75 Å². The number of nitrogens with one attached hydrogen (secondary N) is 1. The van der Waals surface area contributed by atoms with E-state index >= 15 is 0 Å². The van der Waals surface area contributed by atoms with E-state index in [9.17, 15) is 13.6 Å². The normalized spacial score (nSPS) is 13.8. The lowest BCUT2D eigenvalue weighted by molar-refractivity contribution is -0.151. The first-order valence-corrected chi connectivity index (χ1v) is 6.92. The Bertz CT molecular complexity index is 468. The third-order valence-corrected chi connectivity index (χ3v) is 3.05. The number of carbonyl (C=O) groups excluding carboxylic acids is 1. The number of para-hydroxylation sites is 1. The topological polar surface area (TPSA) is 47.6 Å². The van der Waals surface area contributed by atoms with Crippen molar-refractivity contribution in [3.63, 3.8) is 0 Å². The van der Waals surface area contributed by atoms with Crippen LogP contribution >= 0.6 is 0 Å². The summed E-state index contributed by atoms with van der Waals surface area (Å²) in [5.74, 6) is -0.560. The molecule has 21 heavy (non-hydrogen) atoms. The third-order valence-electron chi connectivity index (χ3n) is 3.05. The monoisotopic (exact) mass is 301 g/mol. The molecule has 6 heteroatoms. The molecule has 0 radical (unpaired) electrons. The molecular formula is C15H21F2NO3. The van der Waals surface area contributed by atoms with E-state index < -0.39 is 18.1 Å². The summed E-state index contributed by atoms with van der Waals surface area (Å²) in [7, 11) is 0. The number of hydrogen-bond acceptors (Lipinski definition) is 4. The Hall–Kier alpha value is -1.69. The molecule has 0 aliphatic rings. The molecule has 1 unspecified atom stereocenters. The van der Waals surface area contributed by atoms with Crippen LogP contribution in [0.1, 0.15) is 32.8 Å². The molecule has 1 aromatic rings. The number of halogens is 2. The Labute approximate surface area is 123 Å². The molecule has 0 amide bonds. The molecule has 4 nitrogen and oxygen atoms in total. The van der Waals surface area contributed by atoms with E-state index in [1.165, 1.54) is 6.07 Å². The van der Waals surface area contributed by atoms with Crippen LogP contribution in [0.5, 0.6) is 5.75 Å². The maximum absolute atomic E-state index is 12.5. The van der Waals surface area contributed by atoms with Gasteiger partial charge in [0.1, 0.15) is 11.3 Å². The lowest BCUT2D eigenvalue weighted by atomic mass is 9.91. The fourth-order valence-corrected chi connectivity index (χ4v) is 2.01. The number of ether oxygens (including phenoxy) is 2. The summed E-state index contributed by atoms with van der Waals surface area (Å²) >= 11 is 0. The molecular weight excluding hydrogens is 280 g/mol. The minimum absolute atomic E-state index is 0.0355. The molecule has 0 aliphatic heterocycles. The van der Waals surface area contributed by atoms with Gasteiger partial charge >= 0.3 is 12.6 Å². The van der Waals surface area contributed by atoms with Crippen molar-refractivity contribution in [2.75, 3.05) is 13.2 Å². The number of alkyl halides is 2. The summed E-state index contributed by atoms with van der Waals surface area (Å²) < 4.78 is 34.7. The van der Waals surface area contributed by atoms with Gasteiger partial charge in [-0.05, 0) is 32.9 Å². The van der Waals surface area contributed by atoms with E-state index in [-0.39, 0.29) is 12.4 Å². The fourth-order valence-electron chi connectivity index (χ4n) is 2.01. The molecule has 118 valence electrons. The highest BCUT2D eigenvalue weighted by Crippen LogP contribution is 2.32. The molecule has 0 bridgehead atoms. The van der Waals surface area contributed by atoms with Crippen LogP contribution < -0.4 is 10.1 Å². The Morgan fingerprint density at radius 1 is 1.33 bits per heavy atom. The van der Waals surface area contributed by atoms with Gasteiger partial charge in [-0.1, -0.05) is 25.1 Å². The summed E-state index contributed by atoms with van der Waals surface area (Å²) in [4.78, 5) is 12.3. The Morgan fingerprint density at radius 2 is 2.00 bits per heavy atom. The van der Waals surface area contributed by atoms with Gasteiger partial charge in [-0.25, -0.2) is 4.79 Å². The van der Waals surface area contributed by atoms with E-state index in [1.54, 1.807) is 32.0 Å². The maximum atomic E-state index is 12.5. The molecule has 0 spiro atoms. The van der Waals surface area contributed by atoms with Crippen LogP contribution in [0, 0.1) is 0 Å². The molecule has 1 aromatic carbocycles. The van der Waals surface area contributed by atoms with Crippen molar-refractivity contribution < 1.29 is 23.0 Å². The highest BCUT2D eigenvalue weighted by molar-refractivity contribution is 5.83. The fraction of sp³-hybridized carbons (Fsp3) is 0.533. The molecule has 0 heterocycles. The second kappa shape index (κ2) is 7.93. The van der Waals surface area contributed by atoms with E-state index in [1.807, 2.05) is 6.92 Å². The molecule has 1 rings (SSSR count). The van der Waals surface area contributed by atoms with Crippen LogP contribution in [0.4, 0.5) is 8.78 Å². The van der Waals surface area contributed by atoms with Crippen molar-refractivity contribution >= 4 is 5.97 Å². The van der Waals surface area contributed by atoms with Crippen LogP contribution in [0.15, 0.2) is 24.3 Å². The average Bonchev–Trinajstić information content (AvgIpc) is 2.45. The van der Waals surface area contributed by atoms with Crippen LogP contribution in [0.2, 0.25) is 0 Å². The summed E-state index contributed by atoms with van der Waals surface area (Å²) in [5.41, 5.74) is -0.908. The lowest BCUT2D eigenvalue weighted by Crippen LogP contribution is -2.48. The van der Waals surface area contributed by atoms with Crippen LogP contribution in [0.3, 0.4) is 0 Å². The summed E-state index contributed by atoms with van der Waals surface area (Å²) in [6.45, 7) is 3.04. The van der Waals surface area contributed by atoms with Crippen molar-refractivity contribution in [1.82, 2.24) is 5.32 Å². The SMILES string of the molecule is CCCNC(C)(C(=O)OCC)c1ccccc1OC(F)F. The second-order valence-corrected chi connectivity index (χ2v) is 4.65. The molecule has 0 fully saturated rings. The van der Waals surface area contributed by atoms with Crippen molar-refractivity contribution in [2.24, 2.45) is 0 Å². The summed E-state index contributed by atoms with van der Waals surface area (Å²) in [6, 6.07) is 6.23. The average molecular weight is 301 g/mol. The van der Waals surface area contributed by atoms with Crippen molar-refractivity contribution in [2.45, 2.75) is 39.3 Å². The van der Waals surface area contributed by atoms with Gasteiger partial charge in [0.25, 0.3) is 0 Å². The molecule has 1 N–H and O–H groups in total. The molecule has 0 aromatic heterocycles. The first kappa shape index (κ1) is 17.4. The minimum atomic E-state index is -2.95. The Morgan fingerprint density at radius 3 is 2.57 bits per heavy atom. The Balaban J connectivity index is 3.22. The van der Waals surface area contributed by atoms with Crippen molar-refractivity contribution in [3.05, 3.63) is 29.8 Å². The standard InChI is InChI=1S/C15H21F2NO3/c1-4-10-18-15(3,13(19)20-5-2)11-8-6-7-9-12(11)21-14(16)17/h6-9,14,18H,4-5,10H2,1-3H3. The van der Waals surface area contributed by atoms with Crippen molar-refractivity contribution in [1.29, 1.82) is 0 Å². The lowest BCUT2D eigenvalue weighted by Gasteiger charge is -2.30. The quantitative estimate of drug-likeness (QED) is 0.750. The van der Waals surface area contributed by atoms with Crippen LogP contribution in [-0.2, 0) is 15.1 Å². The van der Waals surface area contributed by atoms with Gasteiger partial charge in [0.2, 0.25) is 0 Å². The third kappa shape index (κ3) is 4.39.